The number of ether oxygens (including phenoxy) is 1. The van der Waals surface area contributed by atoms with E-state index in [-0.39, 0.29) is 17.9 Å². The lowest BCUT2D eigenvalue weighted by molar-refractivity contribution is -0.122. The molecule has 1 heterocycles. The van der Waals surface area contributed by atoms with E-state index in [2.05, 4.69) is 20.4 Å². The zero-order valence-electron chi connectivity index (χ0n) is 18.8. The minimum Gasteiger partial charge on any atom is -0.497 e. The van der Waals surface area contributed by atoms with Crippen molar-refractivity contribution in [1.29, 1.82) is 0 Å². The second-order valence-electron chi connectivity index (χ2n) is 8.02. The fourth-order valence-corrected chi connectivity index (χ4v) is 3.82. The number of para-hydroxylation sites is 1. The largest absolute Gasteiger partial charge is 0.497 e. The molecule has 2 aromatic rings. The van der Waals surface area contributed by atoms with Gasteiger partial charge in [-0.2, -0.15) is 0 Å². The normalized spacial score (nSPS) is 15.9. The number of hydrogen-bond donors (Lipinski definition) is 2. The smallest absolute Gasteiger partial charge is 0.241 e. The number of aryl methyl sites for hydroxylation is 2. The number of carbonyl (C=O) groups is 2. The predicted molar refractivity (Wildman–Crippen MR) is 124 cm³/mol. The van der Waals surface area contributed by atoms with Gasteiger partial charge in [0.25, 0.3) is 0 Å². The van der Waals surface area contributed by atoms with Gasteiger partial charge >= 0.3 is 0 Å². The number of hydrogen-bond acceptors (Lipinski definition) is 5. The first-order valence-corrected chi connectivity index (χ1v) is 10.6. The van der Waals surface area contributed by atoms with E-state index >= 15 is 0 Å². The van der Waals surface area contributed by atoms with Gasteiger partial charge in [0, 0.05) is 43.6 Å². The molecular weight excluding hydrogens is 392 g/mol. The minimum atomic E-state index is -0.253. The van der Waals surface area contributed by atoms with Crippen LogP contribution < -0.4 is 15.4 Å². The number of nitrogens with one attached hydrogen (secondary N) is 2. The van der Waals surface area contributed by atoms with Gasteiger partial charge in [0.2, 0.25) is 11.8 Å². The van der Waals surface area contributed by atoms with Gasteiger partial charge in [0.1, 0.15) is 5.75 Å². The Labute approximate surface area is 184 Å². The van der Waals surface area contributed by atoms with Crippen LogP contribution in [-0.2, 0) is 9.59 Å². The Bertz CT molecular complexity index is 903. The average Bonchev–Trinajstić information content (AvgIpc) is 2.76. The van der Waals surface area contributed by atoms with Crippen molar-refractivity contribution >= 4 is 23.2 Å². The maximum absolute atomic E-state index is 12.7. The molecule has 2 aromatic carbocycles. The SMILES string of the molecule is COc1cccc(NC(=O)[C@H](C)N2CCN(CC(=O)Nc3c(C)cccc3C)CC2)c1. The standard InChI is InChI=1S/C24H32N4O3/c1-17-7-5-8-18(2)23(17)26-22(29)16-27-11-13-28(14-12-27)19(3)24(30)25-20-9-6-10-21(15-20)31-4/h5-10,15,19H,11-14,16H2,1-4H3,(H,25,30)(H,26,29)/t19-/m0/s1. The van der Waals surface area contributed by atoms with Crippen LogP contribution in [0.1, 0.15) is 18.1 Å². The molecule has 1 fully saturated rings. The highest BCUT2D eigenvalue weighted by atomic mass is 16.5. The average molecular weight is 425 g/mol. The molecule has 166 valence electrons. The minimum absolute atomic E-state index is 0.00494. The number of piperazine rings is 1. The first kappa shape index (κ1) is 22.8. The highest BCUT2D eigenvalue weighted by molar-refractivity contribution is 5.95. The summed E-state index contributed by atoms with van der Waals surface area (Å²) in [6.07, 6.45) is 0. The summed E-state index contributed by atoms with van der Waals surface area (Å²) < 4.78 is 5.21. The molecule has 0 unspecified atom stereocenters. The summed E-state index contributed by atoms with van der Waals surface area (Å²) in [6.45, 7) is 9.24. The Hall–Kier alpha value is -2.90. The maximum atomic E-state index is 12.7. The van der Waals surface area contributed by atoms with Crippen molar-refractivity contribution in [2.45, 2.75) is 26.8 Å². The van der Waals surface area contributed by atoms with Gasteiger partial charge in [0.05, 0.1) is 19.7 Å². The Kier molecular flexibility index (Phi) is 7.65. The maximum Gasteiger partial charge on any atom is 0.241 e. The lowest BCUT2D eigenvalue weighted by Gasteiger charge is -2.37. The molecule has 0 aliphatic carbocycles. The third-order valence-corrected chi connectivity index (χ3v) is 5.78. The van der Waals surface area contributed by atoms with Crippen LogP contribution in [0.2, 0.25) is 0 Å². The molecule has 0 aromatic heterocycles. The third-order valence-electron chi connectivity index (χ3n) is 5.78. The van der Waals surface area contributed by atoms with E-state index in [1.54, 1.807) is 13.2 Å². The number of rotatable bonds is 7. The lowest BCUT2D eigenvalue weighted by atomic mass is 10.1. The molecule has 1 atom stereocenters. The summed E-state index contributed by atoms with van der Waals surface area (Å²) in [7, 11) is 1.60. The second-order valence-corrected chi connectivity index (χ2v) is 8.02. The molecule has 7 heteroatoms. The van der Waals surface area contributed by atoms with E-state index in [9.17, 15) is 9.59 Å². The predicted octanol–water partition coefficient (Wildman–Crippen LogP) is 2.90. The van der Waals surface area contributed by atoms with E-state index in [4.69, 9.17) is 4.74 Å². The van der Waals surface area contributed by atoms with E-state index in [0.717, 1.165) is 48.7 Å². The van der Waals surface area contributed by atoms with Gasteiger partial charge in [-0.05, 0) is 44.0 Å². The van der Waals surface area contributed by atoms with Crippen LogP contribution in [0.25, 0.3) is 0 Å². The zero-order chi connectivity index (χ0) is 22.4. The topological polar surface area (TPSA) is 73.9 Å². The van der Waals surface area contributed by atoms with Gasteiger partial charge in [-0.1, -0.05) is 24.3 Å². The van der Waals surface area contributed by atoms with Gasteiger partial charge in [-0.25, -0.2) is 0 Å². The molecule has 0 spiro atoms. The fraction of sp³-hybridized carbons (Fsp3) is 0.417. The molecule has 1 aliphatic heterocycles. The van der Waals surface area contributed by atoms with Crippen LogP contribution in [0.15, 0.2) is 42.5 Å². The van der Waals surface area contributed by atoms with Gasteiger partial charge in [0.15, 0.2) is 0 Å². The number of benzene rings is 2. The van der Waals surface area contributed by atoms with Gasteiger partial charge in [-0.15, -0.1) is 0 Å². The number of nitrogens with zero attached hydrogens (tertiary/aromatic N) is 2. The lowest BCUT2D eigenvalue weighted by Crippen LogP contribution is -2.53. The van der Waals surface area contributed by atoms with E-state index in [1.165, 1.54) is 0 Å². The molecule has 0 radical (unpaired) electrons. The molecule has 1 saturated heterocycles. The highest BCUT2D eigenvalue weighted by Crippen LogP contribution is 2.20. The summed E-state index contributed by atoms with van der Waals surface area (Å²) in [4.78, 5) is 29.5. The Morgan fingerprint density at radius 1 is 1.00 bits per heavy atom. The first-order valence-electron chi connectivity index (χ1n) is 10.6. The van der Waals surface area contributed by atoms with Crippen LogP contribution in [0.5, 0.6) is 5.75 Å². The van der Waals surface area contributed by atoms with Crippen molar-refractivity contribution in [1.82, 2.24) is 9.80 Å². The zero-order valence-corrected chi connectivity index (χ0v) is 18.8. The molecule has 7 nitrogen and oxygen atoms in total. The second kappa shape index (κ2) is 10.4. The number of amides is 2. The van der Waals surface area contributed by atoms with Crippen LogP contribution in [-0.4, -0.2) is 67.5 Å². The molecule has 31 heavy (non-hydrogen) atoms. The summed E-state index contributed by atoms with van der Waals surface area (Å²) >= 11 is 0. The molecule has 0 bridgehead atoms. The van der Waals surface area contributed by atoms with E-state index < -0.39 is 0 Å². The van der Waals surface area contributed by atoms with Crippen molar-refractivity contribution in [3.8, 4) is 5.75 Å². The molecule has 2 amide bonds. The van der Waals surface area contributed by atoms with Crippen molar-refractivity contribution in [3.05, 3.63) is 53.6 Å². The fourth-order valence-electron chi connectivity index (χ4n) is 3.82. The van der Waals surface area contributed by atoms with Crippen LogP contribution in [0, 0.1) is 13.8 Å². The van der Waals surface area contributed by atoms with Gasteiger partial charge < -0.3 is 15.4 Å². The molecule has 3 rings (SSSR count). The Morgan fingerprint density at radius 2 is 1.65 bits per heavy atom. The van der Waals surface area contributed by atoms with Crippen molar-refractivity contribution < 1.29 is 14.3 Å². The summed E-state index contributed by atoms with van der Waals surface area (Å²) in [5.74, 6) is 0.655. The number of carbonyl (C=O) groups excluding carboxylic acids is 2. The monoisotopic (exact) mass is 424 g/mol. The van der Waals surface area contributed by atoms with E-state index in [1.807, 2.05) is 57.2 Å². The highest BCUT2D eigenvalue weighted by Gasteiger charge is 2.26. The number of methoxy groups -OCH3 is 1. The first-order chi connectivity index (χ1) is 14.9. The van der Waals surface area contributed by atoms with Crippen molar-refractivity contribution in [2.75, 3.05) is 50.5 Å². The molecule has 1 aliphatic rings. The van der Waals surface area contributed by atoms with Crippen molar-refractivity contribution in [3.63, 3.8) is 0 Å². The van der Waals surface area contributed by atoms with E-state index in [0.29, 0.717) is 12.3 Å². The quantitative estimate of drug-likeness (QED) is 0.715. The number of anilines is 2. The summed E-state index contributed by atoms with van der Waals surface area (Å²) in [5, 5.41) is 6.00. The molecular formula is C24H32N4O3. The van der Waals surface area contributed by atoms with Crippen molar-refractivity contribution in [2.24, 2.45) is 0 Å². The van der Waals surface area contributed by atoms with Crippen LogP contribution in [0.4, 0.5) is 11.4 Å². The molecule has 2 N–H and O–H groups in total. The third kappa shape index (κ3) is 6.06. The summed E-state index contributed by atoms with van der Waals surface area (Å²) in [6, 6.07) is 13.1. The van der Waals surface area contributed by atoms with Gasteiger partial charge in [-0.3, -0.25) is 19.4 Å². The van der Waals surface area contributed by atoms with Crippen LogP contribution >= 0.6 is 0 Å². The Balaban J connectivity index is 1.47. The summed E-state index contributed by atoms with van der Waals surface area (Å²) in [5.41, 5.74) is 3.75. The Morgan fingerprint density at radius 3 is 2.29 bits per heavy atom. The molecule has 0 saturated carbocycles. The van der Waals surface area contributed by atoms with Crippen LogP contribution in [0.3, 0.4) is 0 Å².